The number of carbonyl (C=O) groups is 1. The summed E-state index contributed by atoms with van der Waals surface area (Å²) in [5.41, 5.74) is 2.86. The van der Waals surface area contributed by atoms with Crippen LogP contribution in [0.2, 0.25) is 0 Å². The summed E-state index contributed by atoms with van der Waals surface area (Å²) in [6, 6.07) is 15.7. The van der Waals surface area contributed by atoms with Crippen molar-refractivity contribution in [3.05, 3.63) is 54.1 Å². The van der Waals surface area contributed by atoms with Crippen molar-refractivity contribution in [3.8, 4) is 23.1 Å². The highest BCUT2D eigenvalue weighted by atomic mass is 35.5. The highest BCUT2D eigenvalue weighted by Crippen LogP contribution is 2.27. The molecule has 1 aromatic heterocycles. The number of hydrogen-bond acceptors (Lipinski definition) is 5. The van der Waals surface area contributed by atoms with E-state index in [1.807, 2.05) is 62.4 Å². The van der Waals surface area contributed by atoms with Crippen LogP contribution in [-0.4, -0.2) is 46.4 Å². The van der Waals surface area contributed by atoms with E-state index in [9.17, 15) is 4.79 Å². The lowest BCUT2D eigenvalue weighted by Gasteiger charge is -2.20. The van der Waals surface area contributed by atoms with Crippen molar-refractivity contribution in [1.29, 1.82) is 0 Å². The number of nitrogens with one attached hydrogen (secondary N) is 1. The number of amides is 1. The molecule has 0 fully saturated rings. The average Bonchev–Trinajstić information content (AvgIpc) is 3.21. The normalized spacial score (nSPS) is 11.4. The largest absolute Gasteiger partial charge is 0.460 e. The Balaban J connectivity index is 1.89. The Labute approximate surface area is 193 Å². The number of halogens is 1. The van der Waals surface area contributed by atoms with Gasteiger partial charge in [0.2, 0.25) is 5.91 Å². The molecule has 3 rings (SSSR count). The van der Waals surface area contributed by atoms with Gasteiger partial charge in [0.1, 0.15) is 6.61 Å². The zero-order valence-electron chi connectivity index (χ0n) is 18.9. The zero-order valence-corrected chi connectivity index (χ0v) is 19.6. The number of benzene rings is 2. The van der Waals surface area contributed by atoms with Gasteiger partial charge in [0, 0.05) is 23.7 Å². The predicted octanol–water partition coefficient (Wildman–Crippen LogP) is 4.86. The van der Waals surface area contributed by atoms with Crippen molar-refractivity contribution in [3.63, 3.8) is 0 Å². The molecule has 0 saturated heterocycles. The van der Waals surface area contributed by atoms with Crippen molar-refractivity contribution >= 4 is 23.2 Å². The van der Waals surface area contributed by atoms with Gasteiger partial charge in [-0.2, -0.15) is 4.98 Å². The van der Waals surface area contributed by atoms with Gasteiger partial charge in [-0.05, 0) is 57.5 Å². The number of aryl methyl sites for hydroxylation is 1. The maximum Gasteiger partial charge on any atom is 0.336 e. The van der Waals surface area contributed by atoms with E-state index in [1.165, 1.54) is 0 Å². The SMILES string of the molecule is CCOCCOc1nc(-c2ccccc2C)n(-c2ccc(NC(=O)C(C)(C)CCl)cc2)n1. The van der Waals surface area contributed by atoms with Gasteiger partial charge in [-0.25, -0.2) is 4.68 Å². The summed E-state index contributed by atoms with van der Waals surface area (Å²) >= 11 is 5.90. The minimum Gasteiger partial charge on any atom is -0.460 e. The molecule has 0 aliphatic rings. The molecule has 1 heterocycles. The first-order valence-corrected chi connectivity index (χ1v) is 11.1. The van der Waals surface area contributed by atoms with Crippen LogP contribution in [0.3, 0.4) is 0 Å². The summed E-state index contributed by atoms with van der Waals surface area (Å²) in [6.45, 7) is 9.05. The molecule has 32 heavy (non-hydrogen) atoms. The number of aromatic nitrogens is 3. The Morgan fingerprint density at radius 1 is 1.12 bits per heavy atom. The van der Waals surface area contributed by atoms with Gasteiger partial charge in [0.05, 0.1) is 17.7 Å². The molecule has 1 N–H and O–H groups in total. The molecule has 0 radical (unpaired) electrons. The minimum absolute atomic E-state index is 0.133. The fraction of sp³-hybridized carbons (Fsp3) is 0.375. The molecule has 7 nitrogen and oxygen atoms in total. The molecule has 0 spiro atoms. The second-order valence-electron chi connectivity index (χ2n) is 8.01. The van der Waals surface area contributed by atoms with Crippen LogP contribution in [0.15, 0.2) is 48.5 Å². The number of hydrogen-bond donors (Lipinski definition) is 1. The summed E-state index contributed by atoms with van der Waals surface area (Å²) in [4.78, 5) is 17.0. The first kappa shape index (κ1) is 23.8. The summed E-state index contributed by atoms with van der Waals surface area (Å²) in [7, 11) is 0. The topological polar surface area (TPSA) is 78.3 Å². The van der Waals surface area contributed by atoms with Crippen molar-refractivity contribution in [2.24, 2.45) is 5.41 Å². The maximum absolute atomic E-state index is 12.4. The zero-order chi connectivity index (χ0) is 23.1. The maximum atomic E-state index is 12.4. The molecule has 0 bridgehead atoms. The molecule has 3 aromatic rings. The fourth-order valence-corrected chi connectivity index (χ4v) is 3.04. The third-order valence-corrected chi connectivity index (χ3v) is 5.62. The Hall–Kier alpha value is -2.90. The number of alkyl halides is 1. The standard InChI is InChI=1S/C24H29ClN4O3/c1-5-31-14-15-32-23-27-21(20-9-7-6-8-17(20)2)29(28-23)19-12-10-18(11-13-19)26-22(30)24(3,4)16-25/h6-13H,5,14-16H2,1-4H3,(H,26,30). The van der Waals surface area contributed by atoms with Crippen LogP contribution in [0.4, 0.5) is 5.69 Å². The van der Waals surface area contributed by atoms with E-state index in [4.69, 9.17) is 21.1 Å². The Bertz CT molecular complexity index is 1050. The summed E-state index contributed by atoms with van der Waals surface area (Å²) in [5, 5.41) is 7.47. The second-order valence-corrected chi connectivity index (χ2v) is 8.28. The fourth-order valence-electron chi connectivity index (χ4n) is 2.92. The lowest BCUT2D eigenvalue weighted by atomic mass is 9.95. The van der Waals surface area contributed by atoms with E-state index in [0.717, 1.165) is 16.8 Å². The van der Waals surface area contributed by atoms with Gasteiger partial charge in [-0.15, -0.1) is 16.7 Å². The van der Waals surface area contributed by atoms with E-state index in [1.54, 1.807) is 18.5 Å². The molecule has 170 valence electrons. The van der Waals surface area contributed by atoms with Crippen LogP contribution >= 0.6 is 11.6 Å². The van der Waals surface area contributed by atoms with Gasteiger partial charge in [0.15, 0.2) is 5.82 Å². The van der Waals surface area contributed by atoms with Crippen molar-refractivity contribution in [1.82, 2.24) is 14.8 Å². The number of carbonyl (C=O) groups excluding carboxylic acids is 1. The molecule has 8 heteroatoms. The van der Waals surface area contributed by atoms with Crippen molar-refractivity contribution in [2.45, 2.75) is 27.7 Å². The van der Waals surface area contributed by atoms with Gasteiger partial charge >= 0.3 is 6.01 Å². The summed E-state index contributed by atoms with van der Waals surface area (Å²) in [5.74, 6) is 0.781. The lowest BCUT2D eigenvalue weighted by molar-refractivity contribution is -0.122. The van der Waals surface area contributed by atoms with Gasteiger partial charge in [0.25, 0.3) is 0 Å². The molecule has 0 saturated carbocycles. The van der Waals surface area contributed by atoms with E-state index in [2.05, 4.69) is 15.4 Å². The lowest BCUT2D eigenvalue weighted by Crippen LogP contribution is -2.32. The quantitative estimate of drug-likeness (QED) is 0.348. The van der Waals surface area contributed by atoms with E-state index in [-0.39, 0.29) is 17.8 Å². The summed E-state index contributed by atoms with van der Waals surface area (Å²) < 4.78 is 12.8. The second kappa shape index (κ2) is 10.6. The first-order chi connectivity index (χ1) is 15.4. The Morgan fingerprint density at radius 3 is 2.50 bits per heavy atom. The highest BCUT2D eigenvalue weighted by molar-refractivity contribution is 6.20. The van der Waals surface area contributed by atoms with Crippen LogP contribution < -0.4 is 10.1 Å². The highest BCUT2D eigenvalue weighted by Gasteiger charge is 2.26. The first-order valence-electron chi connectivity index (χ1n) is 10.6. The third-order valence-electron chi connectivity index (χ3n) is 4.96. The molecule has 0 unspecified atom stereocenters. The van der Waals surface area contributed by atoms with Crippen LogP contribution in [0.25, 0.3) is 17.1 Å². The van der Waals surface area contributed by atoms with E-state index in [0.29, 0.717) is 31.3 Å². The van der Waals surface area contributed by atoms with Crippen LogP contribution in [-0.2, 0) is 9.53 Å². The van der Waals surface area contributed by atoms with Gasteiger partial charge in [-0.1, -0.05) is 24.3 Å². The average molecular weight is 457 g/mol. The van der Waals surface area contributed by atoms with Crippen LogP contribution in [0.1, 0.15) is 26.3 Å². The molecule has 0 aliphatic heterocycles. The molecule has 0 atom stereocenters. The van der Waals surface area contributed by atoms with Crippen LogP contribution in [0, 0.1) is 12.3 Å². The van der Waals surface area contributed by atoms with E-state index < -0.39 is 5.41 Å². The van der Waals surface area contributed by atoms with Gasteiger partial charge in [-0.3, -0.25) is 4.79 Å². The Kier molecular flexibility index (Phi) is 7.88. The molecule has 2 aromatic carbocycles. The third kappa shape index (κ3) is 5.66. The molecular weight excluding hydrogens is 428 g/mol. The monoisotopic (exact) mass is 456 g/mol. The number of rotatable bonds is 10. The molecule has 1 amide bonds. The van der Waals surface area contributed by atoms with Gasteiger partial charge < -0.3 is 14.8 Å². The smallest absolute Gasteiger partial charge is 0.336 e. The summed E-state index contributed by atoms with van der Waals surface area (Å²) in [6.07, 6.45) is 0. The Morgan fingerprint density at radius 2 is 1.84 bits per heavy atom. The van der Waals surface area contributed by atoms with Crippen molar-refractivity contribution < 1.29 is 14.3 Å². The molecular formula is C24H29ClN4O3. The van der Waals surface area contributed by atoms with E-state index >= 15 is 0 Å². The molecule has 0 aliphatic carbocycles. The number of nitrogens with zero attached hydrogens (tertiary/aromatic N) is 3. The number of ether oxygens (including phenoxy) is 2. The predicted molar refractivity (Wildman–Crippen MR) is 127 cm³/mol. The number of anilines is 1. The minimum atomic E-state index is -0.655. The van der Waals surface area contributed by atoms with Crippen molar-refractivity contribution in [2.75, 3.05) is 31.0 Å². The van der Waals surface area contributed by atoms with Crippen LogP contribution in [0.5, 0.6) is 6.01 Å².